The minimum atomic E-state index is -0.255. The first kappa shape index (κ1) is 19.3. The van der Waals surface area contributed by atoms with Crippen molar-refractivity contribution in [3.05, 3.63) is 29.8 Å². The molecule has 4 saturated carbocycles. The van der Waals surface area contributed by atoms with Gasteiger partial charge in [-0.3, -0.25) is 4.79 Å². The lowest BCUT2D eigenvalue weighted by atomic mass is 9.49. The quantitative estimate of drug-likeness (QED) is 0.674. The Morgan fingerprint density at radius 1 is 1.07 bits per heavy atom. The third-order valence-corrected chi connectivity index (χ3v) is 6.91. The fourth-order valence-corrected chi connectivity index (χ4v) is 6.31. The number of hydrogen-bond acceptors (Lipinski definition) is 2. The number of amides is 3. The van der Waals surface area contributed by atoms with Crippen LogP contribution in [0.2, 0.25) is 0 Å². The third kappa shape index (κ3) is 4.34. The van der Waals surface area contributed by atoms with Crippen LogP contribution >= 0.6 is 0 Å². The van der Waals surface area contributed by atoms with Crippen LogP contribution in [0.3, 0.4) is 0 Å². The second-order valence-corrected chi connectivity index (χ2v) is 9.76. The fourth-order valence-electron chi connectivity index (χ4n) is 6.31. The van der Waals surface area contributed by atoms with Gasteiger partial charge in [0.1, 0.15) is 0 Å². The SMILES string of the molecule is CC(C)NC(=O)Nc1cccc(C(=O)NCCC23CC4CC(CC(C4)C2)C3)c1. The van der Waals surface area contributed by atoms with Gasteiger partial charge >= 0.3 is 6.03 Å². The molecule has 5 heteroatoms. The molecule has 0 saturated heterocycles. The summed E-state index contributed by atoms with van der Waals surface area (Å²) in [6.07, 6.45) is 9.59. The summed E-state index contributed by atoms with van der Waals surface area (Å²) in [5, 5.41) is 8.69. The summed E-state index contributed by atoms with van der Waals surface area (Å²) in [7, 11) is 0. The van der Waals surface area contributed by atoms with Crippen LogP contribution in [-0.2, 0) is 0 Å². The van der Waals surface area contributed by atoms with Crippen molar-refractivity contribution in [2.24, 2.45) is 23.2 Å². The number of nitrogens with one attached hydrogen (secondary N) is 3. The van der Waals surface area contributed by atoms with Gasteiger partial charge < -0.3 is 16.0 Å². The molecule has 1 aromatic rings. The second-order valence-electron chi connectivity index (χ2n) is 9.76. The van der Waals surface area contributed by atoms with Gasteiger partial charge in [0.15, 0.2) is 0 Å². The molecular weight excluding hydrogens is 350 g/mol. The molecule has 4 bridgehead atoms. The van der Waals surface area contributed by atoms with E-state index in [-0.39, 0.29) is 18.0 Å². The maximum absolute atomic E-state index is 12.6. The first-order valence-electron chi connectivity index (χ1n) is 10.9. The normalized spacial score (nSPS) is 30.3. The summed E-state index contributed by atoms with van der Waals surface area (Å²) in [6.45, 7) is 4.57. The Balaban J connectivity index is 1.29. The fraction of sp³-hybridized carbons (Fsp3) is 0.652. The Kier molecular flexibility index (Phi) is 5.35. The van der Waals surface area contributed by atoms with E-state index in [9.17, 15) is 9.59 Å². The largest absolute Gasteiger partial charge is 0.352 e. The lowest BCUT2D eigenvalue weighted by Crippen LogP contribution is -2.47. The minimum Gasteiger partial charge on any atom is -0.352 e. The molecule has 28 heavy (non-hydrogen) atoms. The standard InChI is InChI=1S/C23H33N3O2/c1-15(2)25-22(28)26-20-5-3-4-19(11-20)21(27)24-7-6-23-12-16-8-17(13-23)10-18(9-16)14-23/h3-5,11,15-18H,6-10,12-14H2,1-2H3,(H,24,27)(H2,25,26,28). The van der Waals surface area contributed by atoms with E-state index >= 15 is 0 Å². The second kappa shape index (κ2) is 7.76. The van der Waals surface area contributed by atoms with Crippen molar-refractivity contribution in [2.75, 3.05) is 11.9 Å². The van der Waals surface area contributed by atoms with Gasteiger partial charge in [0.2, 0.25) is 0 Å². The predicted molar refractivity (Wildman–Crippen MR) is 111 cm³/mol. The Hall–Kier alpha value is -2.04. The zero-order valence-corrected chi connectivity index (χ0v) is 17.1. The first-order valence-corrected chi connectivity index (χ1v) is 10.9. The smallest absolute Gasteiger partial charge is 0.319 e. The molecule has 1 aromatic carbocycles. The van der Waals surface area contributed by atoms with Crippen LogP contribution in [0.4, 0.5) is 10.5 Å². The number of benzene rings is 1. The number of urea groups is 1. The van der Waals surface area contributed by atoms with Crippen molar-refractivity contribution in [3.63, 3.8) is 0 Å². The minimum absolute atomic E-state index is 0.0577. The van der Waals surface area contributed by atoms with Crippen molar-refractivity contribution in [2.45, 2.75) is 64.8 Å². The summed E-state index contributed by atoms with van der Waals surface area (Å²) in [5.74, 6) is 2.78. The van der Waals surface area contributed by atoms with E-state index in [0.29, 0.717) is 16.7 Å². The highest BCUT2D eigenvalue weighted by atomic mass is 16.2. The van der Waals surface area contributed by atoms with Crippen LogP contribution in [0, 0.1) is 23.2 Å². The zero-order valence-electron chi connectivity index (χ0n) is 17.1. The number of hydrogen-bond donors (Lipinski definition) is 3. The highest BCUT2D eigenvalue weighted by Gasteiger charge is 2.50. The number of carbonyl (C=O) groups is 2. The molecule has 0 spiro atoms. The molecular formula is C23H33N3O2. The van der Waals surface area contributed by atoms with Crippen molar-refractivity contribution < 1.29 is 9.59 Å². The van der Waals surface area contributed by atoms with Gasteiger partial charge in [0, 0.05) is 23.8 Å². The monoisotopic (exact) mass is 383 g/mol. The lowest BCUT2D eigenvalue weighted by molar-refractivity contribution is -0.0564. The van der Waals surface area contributed by atoms with Crippen LogP contribution < -0.4 is 16.0 Å². The first-order chi connectivity index (χ1) is 13.4. The van der Waals surface area contributed by atoms with Crippen molar-refractivity contribution in [1.29, 1.82) is 0 Å². The molecule has 0 atom stereocenters. The summed E-state index contributed by atoms with van der Waals surface area (Å²) in [6, 6.07) is 6.95. The van der Waals surface area contributed by atoms with Gasteiger partial charge in [0.05, 0.1) is 0 Å². The lowest BCUT2D eigenvalue weighted by Gasteiger charge is -2.57. The molecule has 0 aromatic heterocycles. The van der Waals surface area contributed by atoms with Crippen molar-refractivity contribution >= 4 is 17.6 Å². The topological polar surface area (TPSA) is 70.2 Å². The Bertz CT molecular complexity index is 708. The van der Waals surface area contributed by atoms with E-state index in [1.54, 1.807) is 24.3 Å². The summed E-state index contributed by atoms with van der Waals surface area (Å²) < 4.78 is 0. The number of carbonyl (C=O) groups excluding carboxylic acids is 2. The van der Waals surface area contributed by atoms with Crippen molar-refractivity contribution in [3.8, 4) is 0 Å². The molecule has 0 radical (unpaired) electrons. The third-order valence-electron chi connectivity index (χ3n) is 6.91. The van der Waals surface area contributed by atoms with Gasteiger partial charge in [-0.15, -0.1) is 0 Å². The van der Waals surface area contributed by atoms with Crippen LogP contribution in [0.25, 0.3) is 0 Å². The molecule has 4 aliphatic carbocycles. The zero-order chi connectivity index (χ0) is 19.7. The average molecular weight is 384 g/mol. The van der Waals surface area contributed by atoms with E-state index in [4.69, 9.17) is 0 Å². The maximum Gasteiger partial charge on any atom is 0.319 e. The molecule has 0 heterocycles. The van der Waals surface area contributed by atoms with Gasteiger partial charge in [-0.25, -0.2) is 4.79 Å². The summed E-state index contributed by atoms with van der Waals surface area (Å²) in [4.78, 5) is 24.5. The van der Waals surface area contributed by atoms with Crippen LogP contribution in [-0.4, -0.2) is 24.5 Å². The Morgan fingerprint density at radius 2 is 1.71 bits per heavy atom. The number of rotatable bonds is 6. The predicted octanol–water partition coefficient (Wildman–Crippen LogP) is 4.55. The number of anilines is 1. The molecule has 0 unspecified atom stereocenters. The highest BCUT2D eigenvalue weighted by molar-refractivity contribution is 5.96. The molecule has 152 valence electrons. The van der Waals surface area contributed by atoms with E-state index in [1.165, 1.54) is 38.5 Å². The molecule has 3 amide bonds. The molecule has 5 nitrogen and oxygen atoms in total. The molecule has 3 N–H and O–H groups in total. The van der Waals surface area contributed by atoms with Crippen molar-refractivity contribution in [1.82, 2.24) is 10.6 Å². The summed E-state index contributed by atoms with van der Waals surface area (Å²) >= 11 is 0. The van der Waals surface area contributed by atoms with E-state index < -0.39 is 0 Å². The van der Waals surface area contributed by atoms with E-state index in [0.717, 1.165) is 30.7 Å². The molecule has 0 aliphatic heterocycles. The molecule has 4 aliphatic rings. The van der Waals surface area contributed by atoms with Gasteiger partial charge in [-0.05, 0) is 100 Å². The summed E-state index contributed by atoms with van der Waals surface area (Å²) in [5.41, 5.74) is 1.71. The molecule has 4 fully saturated rings. The van der Waals surface area contributed by atoms with E-state index in [1.807, 2.05) is 13.8 Å². The maximum atomic E-state index is 12.6. The van der Waals surface area contributed by atoms with Crippen LogP contribution in [0.1, 0.15) is 69.2 Å². The Labute approximate surface area is 168 Å². The molecule has 5 rings (SSSR count). The van der Waals surface area contributed by atoms with Crippen LogP contribution in [0.5, 0.6) is 0 Å². The van der Waals surface area contributed by atoms with E-state index in [2.05, 4.69) is 16.0 Å². The highest BCUT2D eigenvalue weighted by Crippen LogP contribution is 2.61. The average Bonchev–Trinajstić information content (AvgIpc) is 2.59. The van der Waals surface area contributed by atoms with Gasteiger partial charge in [-0.1, -0.05) is 6.07 Å². The van der Waals surface area contributed by atoms with Crippen LogP contribution in [0.15, 0.2) is 24.3 Å². The Morgan fingerprint density at radius 3 is 2.32 bits per heavy atom. The van der Waals surface area contributed by atoms with Gasteiger partial charge in [0.25, 0.3) is 5.91 Å². The van der Waals surface area contributed by atoms with Gasteiger partial charge in [-0.2, -0.15) is 0 Å².